The van der Waals surface area contributed by atoms with E-state index in [2.05, 4.69) is 11.8 Å². The molecule has 0 saturated carbocycles. The minimum atomic E-state index is -0.238. The van der Waals surface area contributed by atoms with E-state index in [0.717, 1.165) is 44.6 Å². The smallest absolute Gasteiger partial charge is 0.225 e. The molecule has 2 atom stereocenters. The fourth-order valence-electron chi connectivity index (χ4n) is 4.21. The molecule has 1 aromatic rings. The fraction of sp³-hybridized carbons (Fsp3) is 0.632. The van der Waals surface area contributed by atoms with Crippen LogP contribution in [0.3, 0.4) is 0 Å². The van der Waals surface area contributed by atoms with E-state index in [9.17, 15) is 9.18 Å². The number of hydrogen-bond acceptors (Lipinski definition) is 2. The zero-order valence-electron chi connectivity index (χ0n) is 14.1. The summed E-state index contributed by atoms with van der Waals surface area (Å²) < 4.78 is 18.8. The summed E-state index contributed by atoms with van der Waals surface area (Å²) >= 11 is 0. The second-order valence-electron chi connectivity index (χ2n) is 7.17. The summed E-state index contributed by atoms with van der Waals surface area (Å²) in [7, 11) is 0. The van der Waals surface area contributed by atoms with Gasteiger partial charge >= 0.3 is 0 Å². The van der Waals surface area contributed by atoms with E-state index in [1.54, 1.807) is 6.07 Å². The third-order valence-corrected chi connectivity index (χ3v) is 5.83. The lowest BCUT2D eigenvalue weighted by atomic mass is 9.74. The Kier molecular flexibility index (Phi) is 4.72. The number of hydrogen-bond donors (Lipinski definition) is 0. The highest BCUT2D eigenvalue weighted by molar-refractivity contribution is 5.79. The summed E-state index contributed by atoms with van der Waals surface area (Å²) in [4.78, 5) is 14.9. The van der Waals surface area contributed by atoms with Crippen molar-refractivity contribution in [1.29, 1.82) is 0 Å². The van der Waals surface area contributed by atoms with Crippen LogP contribution < -0.4 is 0 Å². The number of nitrogens with zero attached hydrogens (tertiary/aromatic N) is 1. The maximum atomic E-state index is 13.3. The van der Waals surface area contributed by atoms with E-state index in [4.69, 9.17) is 4.74 Å². The van der Waals surface area contributed by atoms with Gasteiger partial charge in [0.25, 0.3) is 0 Å². The lowest BCUT2D eigenvalue weighted by Crippen LogP contribution is -2.45. The molecule has 2 saturated heterocycles. The zero-order valence-corrected chi connectivity index (χ0v) is 14.1. The Morgan fingerprint density at radius 2 is 2.13 bits per heavy atom. The molecular weight excluding hydrogens is 293 g/mol. The Balaban J connectivity index is 1.65. The van der Waals surface area contributed by atoms with Crippen molar-refractivity contribution in [3.63, 3.8) is 0 Å². The monoisotopic (exact) mass is 319 g/mol. The van der Waals surface area contributed by atoms with Crippen LogP contribution in [0.4, 0.5) is 4.39 Å². The van der Waals surface area contributed by atoms with E-state index >= 15 is 0 Å². The van der Waals surface area contributed by atoms with E-state index < -0.39 is 0 Å². The molecule has 126 valence electrons. The van der Waals surface area contributed by atoms with Gasteiger partial charge in [-0.05, 0) is 55.7 Å². The Hall–Kier alpha value is -1.42. The Morgan fingerprint density at radius 3 is 2.83 bits per heavy atom. The van der Waals surface area contributed by atoms with Gasteiger partial charge in [0.2, 0.25) is 5.91 Å². The maximum Gasteiger partial charge on any atom is 0.225 e. The second-order valence-corrected chi connectivity index (χ2v) is 7.17. The van der Waals surface area contributed by atoms with Crippen LogP contribution in [0.25, 0.3) is 0 Å². The molecule has 4 heteroatoms. The number of amides is 1. The van der Waals surface area contributed by atoms with Crippen LogP contribution >= 0.6 is 0 Å². The number of carbonyl (C=O) groups is 1. The molecule has 0 unspecified atom stereocenters. The predicted octanol–water partition coefficient (Wildman–Crippen LogP) is 3.42. The van der Waals surface area contributed by atoms with Crippen LogP contribution in [0.15, 0.2) is 24.3 Å². The third-order valence-electron chi connectivity index (χ3n) is 5.83. The Bertz CT molecular complexity index is 568. The topological polar surface area (TPSA) is 29.5 Å². The van der Waals surface area contributed by atoms with Gasteiger partial charge < -0.3 is 9.64 Å². The molecule has 3 rings (SSSR count). The molecule has 2 heterocycles. The van der Waals surface area contributed by atoms with Gasteiger partial charge in [-0.1, -0.05) is 19.1 Å². The molecule has 1 spiro atoms. The van der Waals surface area contributed by atoms with Gasteiger partial charge in [0, 0.05) is 31.7 Å². The molecule has 2 aliphatic heterocycles. The Labute approximate surface area is 137 Å². The molecular formula is C19H26FNO2. The summed E-state index contributed by atoms with van der Waals surface area (Å²) in [5.41, 5.74) is 1.13. The van der Waals surface area contributed by atoms with Crippen molar-refractivity contribution in [2.24, 2.45) is 11.3 Å². The minimum absolute atomic E-state index is 0.116. The molecule has 2 aliphatic rings. The van der Waals surface area contributed by atoms with Crippen molar-refractivity contribution < 1.29 is 13.9 Å². The highest BCUT2D eigenvalue weighted by Gasteiger charge is 2.47. The van der Waals surface area contributed by atoms with E-state index in [1.807, 2.05) is 13.0 Å². The van der Waals surface area contributed by atoms with Crippen molar-refractivity contribution in [3.05, 3.63) is 35.6 Å². The fourth-order valence-corrected chi connectivity index (χ4v) is 4.21. The van der Waals surface area contributed by atoms with E-state index in [-0.39, 0.29) is 29.1 Å². The largest absolute Gasteiger partial charge is 0.381 e. The maximum absolute atomic E-state index is 13.3. The van der Waals surface area contributed by atoms with Crippen molar-refractivity contribution >= 4 is 5.91 Å². The number of benzene rings is 1. The molecule has 0 bridgehead atoms. The van der Waals surface area contributed by atoms with E-state index in [0.29, 0.717) is 6.42 Å². The lowest BCUT2D eigenvalue weighted by molar-refractivity contribution is -0.137. The molecule has 0 N–H and O–H groups in total. The normalized spacial score (nSPS) is 24.8. The average molecular weight is 319 g/mol. The SMILES string of the molecule is C[C@@H](Cc1cccc(F)c1)C(=O)N1CCC2(CCOCC2)[C@H]1C. The van der Waals surface area contributed by atoms with Crippen LogP contribution in [0, 0.1) is 17.2 Å². The number of rotatable bonds is 3. The number of ether oxygens (including phenoxy) is 1. The van der Waals surface area contributed by atoms with Crippen LogP contribution in [-0.2, 0) is 16.0 Å². The van der Waals surface area contributed by atoms with Crippen molar-refractivity contribution in [2.75, 3.05) is 19.8 Å². The first-order chi connectivity index (χ1) is 11.0. The molecule has 1 aromatic carbocycles. The zero-order chi connectivity index (χ0) is 16.4. The van der Waals surface area contributed by atoms with Crippen LogP contribution in [0.5, 0.6) is 0 Å². The Morgan fingerprint density at radius 1 is 1.39 bits per heavy atom. The summed E-state index contributed by atoms with van der Waals surface area (Å²) in [5, 5.41) is 0. The molecule has 0 aromatic heterocycles. The van der Waals surface area contributed by atoms with Crippen LogP contribution in [0.1, 0.15) is 38.7 Å². The third kappa shape index (κ3) is 3.27. The van der Waals surface area contributed by atoms with Gasteiger partial charge in [0.05, 0.1) is 0 Å². The van der Waals surface area contributed by atoms with Crippen LogP contribution in [0.2, 0.25) is 0 Å². The molecule has 3 nitrogen and oxygen atoms in total. The van der Waals surface area contributed by atoms with Crippen molar-refractivity contribution in [3.8, 4) is 0 Å². The van der Waals surface area contributed by atoms with Crippen molar-refractivity contribution in [2.45, 2.75) is 45.6 Å². The van der Waals surface area contributed by atoms with Gasteiger partial charge in [-0.2, -0.15) is 0 Å². The minimum Gasteiger partial charge on any atom is -0.381 e. The standard InChI is InChI=1S/C19H26FNO2/c1-14(12-16-4-3-5-17(20)13-16)18(22)21-9-6-19(15(21)2)7-10-23-11-8-19/h3-5,13-15H,6-12H2,1-2H3/t14-,15+/m0/s1. The lowest BCUT2D eigenvalue weighted by Gasteiger charge is -2.39. The number of likely N-dealkylation sites (tertiary alicyclic amines) is 1. The van der Waals surface area contributed by atoms with Crippen molar-refractivity contribution in [1.82, 2.24) is 4.90 Å². The first-order valence-electron chi connectivity index (χ1n) is 8.64. The molecule has 0 aliphatic carbocycles. The average Bonchev–Trinajstić information content (AvgIpc) is 2.84. The summed E-state index contributed by atoms with van der Waals surface area (Å²) in [5.74, 6) is -0.155. The van der Waals surface area contributed by atoms with Gasteiger partial charge in [0.15, 0.2) is 0 Å². The molecule has 1 amide bonds. The van der Waals surface area contributed by atoms with Gasteiger partial charge in [-0.15, -0.1) is 0 Å². The first-order valence-corrected chi connectivity index (χ1v) is 8.64. The first kappa shape index (κ1) is 16.4. The summed E-state index contributed by atoms with van der Waals surface area (Å²) in [6.45, 7) is 6.60. The highest BCUT2D eigenvalue weighted by atomic mass is 19.1. The number of carbonyl (C=O) groups excluding carboxylic acids is 1. The molecule has 2 fully saturated rings. The summed E-state index contributed by atoms with van der Waals surface area (Å²) in [6, 6.07) is 6.83. The highest BCUT2D eigenvalue weighted by Crippen LogP contribution is 2.45. The molecule has 23 heavy (non-hydrogen) atoms. The predicted molar refractivity (Wildman–Crippen MR) is 87.5 cm³/mol. The van der Waals surface area contributed by atoms with Crippen LogP contribution in [-0.4, -0.2) is 36.6 Å². The van der Waals surface area contributed by atoms with Gasteiger partial charge in [-0.25, -0.2) is 4.39 Å². The van der Waals surface area contributed by atoms with E-state index in [1.165, 1.54) is 12.1 Å². The summed E-state index contributed by atoms with van der Waals surface area (Å²) in [6.07, 6.45) is 3.78. The molecule has 0 radical (unpaired) electrons. The van der Waals surface area contributed by atoms with Gasteiger partial charge in [-0.3, -0.25) is 4.79 Å². The second kappa shape index (κ2) is 6.60. The quantitative estimate of drug-likeness (QED) is 0.854. The van der Waals surface area contributed by atoms with Gasteiger partial charge in [0.1, 0.15) is 5.82 Å². The number of halogens is 1.